The van der Waals surface area contributed by atoms with Crippen LogP contribution in [0.4, 0.5) is 5.69 Å². The van der Waals surface area contributed by atoms with Gasteiger partial charge in [-0.05, 0) is 18.2 Å². The molecule has 18 heavy (non-hydrogen) atoms. The molecule has 1 aromatic carbocycles. The fourth-order valence-electron chi connectivity index (χ4n) is 1.40. The number of amides is 1. The summed E-state index contributed by atoms with van der Waals surface area (Å²) >= 11 is 6.04. The van der Waals surface area contributed by atoms with Crippen molar-refractivity contribution >= 4 is 23.2 Å². The molecule has 1 aromatic rings. The van der Waals surface area contributed by atoms with Crippen LogP contribution in [-0.2, 0) is 9.47 Å². The van der Waals surface area contributed by atoms with Gasteiger partial charge in [-0.3, -0.25) is 4.79 Å². The van der Waals surface area contributed by atoms with Gasteiger partial charge >= 0.3 is 0 Å². The van der Waals surface area contributed by atoms with E-state index < -0.39 is 0 Å². The zero-order valence-electron chi connectivity index (χ0n) is 10.6. The number of nitrogens with one attached hydrogen (secondary N) is 2. The van der Waals surface area contributed by atoms with Gasteiger partial charge in [0.05, 0.1) is 17.3 Å². The maximum atomic E-state index is 11.5. The molecule has 1 amide bonds. The summed E-state index contributed by atoms with van der Waals surface area (Å²) in [6.45, 7) is 0.434. The molecule has 0 unspecified atom stereocenters. The van der Waals surface area contributed by atoms with Gasteiger partial charge in [-0.2, -0.15) is 0 Å². The Labute approximate surface area is 111 Å². The van der Waals surface area contributed by atoms with Crippen LogP contribution < -0.4 is 10.6 Å². The van der Waals surface area contributed by atoms with Crippen LogP contribution in [0.3, 0.4) is 0 Å². The van der Waals surface area contributed by atoms with Gasteiger partial charge in [-0.25, -0.2) is 0 Å². The summed E-state index contributed by atoms with van der Waals surface area (Å²) in [5, 5.41) is 6.16. The van der Waals surface area contributed by atoms with Crippen molar-refractivity contribution in [2.45, 2.75) is 6.29 Å². The normalized spacial score (nSPS) is 10.5. The first-order chi connectivity index (χ1) is 8.62. The smallest absolute Gasteiger partial charge is 0.251 e. The molecule has 0 heterocycles. The monoisotopic (exact) mass is 272 g/mol. The van der Waals surface area contributed by atoms with E-state index in [0.29, 0.717) is 22.8 Å². The summed E-state index contributed by atoms with van der Waals surface area (Å²) in [5.74, 6) is -0.162. The quantitative estimate of drug-likeness (QED) is 0.775. The number of anilines is 1. The number of ether oxygens (including phenoxy) is 2. The highest BCUT2D eigenvalue weighted by atomic mass is 35.5. The Morgan fingerprint density at radius 2 is 2.06 bits per heavy atom. The van der Waals surface area contributed by atoms with E-state index in [1.54, 1.807) is 39.5 Å². The van der Waals surface area contributed by atoms with E-state index in [0.717, 1.165) is 0 Å². The minimum absolute atomic E-state index is 0.162. The summed E-state index contributed by atoms with van der Waals surface area (Å²) in [6, 6.07) is 5.02. The first-order valence-electron chi connectivity index (χ1n) is 5.43. The second kappa shape index (κ2) is 7.20. The predicted molar refractivity (Wildman–Crippen MR) is 71.1 cm³/mol. The second-order valence-electron chi connectivity index (χ2n) is 3.56. The molecule has 0 atom stereocenters. The fourth-order valence-corrected chi connectivity index (χ4v) is 1.59. The first-order valence-corrected chi connectivity index (χ1v) is 5.81. The van der Waals surface area contributed by atoms with Crippen LogP contribution in [0.2, 0.25) is 5.02 Å². The molecule has 0 aliphatic rings. The van der Waals surface area contributed by atoms with Gasteiger partial charge in [0.15, 0.2) is 6.29 Å². The Kier molecular flexibility index (Phi) is 5.91. The van der Waals surface area contributed by atoms with Crippen molar-refractivity contribution in [3.8, 4) is 0 Å². The number of benzene rings is 1. The minimum Gasteiger partial charge on any atom is -0.379 e. The molecule has 100 valence electrons. The average molecular weight is 273 g/mol. The zero-order chi connectivity index (χ0) is 13.5. The van der Waals surface area contributed by atoms with E-state index >= 15 is 0 Å². The minimum atomic E-state index is -0.371. The molecule has 0 aliphatic carbocycles. The number of halogens is 1. The fraction of sp³-hybridized carbons (Fsp3) is 0.417. The van der Waals surface area contributed by atoms with E-state index in [1.165, 1.54) is 0 Å². The number of rotatable bonds is 6. The van der Waals surface area contributed by atoms with Gasteiger partial charge in [0.1, 0.15) is 0 Å². The van der Waals surface area contributed by atoms with Gasteiger partial charge < -0.3 is 20.1 Å². The molecule has 1 rings (SSSR count). The van der Waals surface area contributed by atoms with Crippen molar-refractivity contribution in [1.29, 1.82) is 0 Å². The highest BCUT2D eigenvalue weighted by Gasteiger charge is 2.09. The van der Waals surface area contributed by atoms with Gasteiger partial charge in [-0.15, -0.1) is 0 Å². The number of carbonyl (C=O) groups excluding carboxylic acids is 1. The van der Waals surface area contributed by atoms with Crippen molar-refractivity contribution in [1.82, 2.24) is 5.32 Å². The van der Waals surface area contributed by atoms with Crippen LogP contribution in [0.5, 0.6) is 0 Å². The van der Waals surface area contributed by atoms with E-state index in [1.807, 2.05) is 0 Å². The van der Waals surface area contributed by atoms with E-state index in [9.17, 15) is 4.79 Å². The van der Waals surface area contributed by atoms with Crippen molar-refractivity contribution in [3.05, 3.63) is 28.8 Å². The van der Waals surface area contributed by atoms with E-state index in [-0.39, 0.29) is 12.2 Å². The second-order valence-corrected chi connectivity index (χ2v) is 3.96. The lowest BCUT2D eigenvalue weighted by atomic mass is 10.2. The first kappa shape index (κ1) is 14.8. The van der Waals surface area contributed by atoms with Crippen LogP contribution in [0.15, 0.2) is 18.2 Å². The van der Waals surface area contributed by atoms with Gasteiger partial charge in [0.2, 0.25) is 0 Å². The standard InChI is InChI=1S/C12H17ClN2O3/c1-14-12(16)8-4-5-9(13)10(6-8)15-7-11(17-2)18-3/h4-6,11,15H,7H2,1-3H3,(H,14,16). The summed E-state index contributed by atoms with van der Waals surface area (Å²) < 4.78 is 10.1. The van der Waals surface area contributed by atoms with Gasteiger partial charge in [0.25, 0.3) is 5.91 Å². The maximum absolute atomic E-state index is 11.5. The molecule has 5 nitrogen and oxygen atoms in total. The number of hydrogen-bond acceptors (Lipinski definition) is 4. The third kappa shape index (κ3) is 3.87. The molecule has 0 spiro atoms. The summed E-state index contributed by atoms with van der Waals surface area (Å²) in [6.07, 6.45) is -0.371. The molecule has 0 bridgehead atoms. The summed E-state index contributed by atoms with van der Waals surface area (Å²) in [5.41, 5.74) is 1.20. The highest BCUT2D eigenvalue weighted by molar-refractivity contribution is 6.33. The van der Waals surface area contributed by atoms with Gasteiger partial charge in [-0.1, -0.05) is 11.6 Å². The Balaban J connectivity index is 2.78. The maximum Gasteiger partial charge on any atom is 0.251 e. The summed E-state index contributed by atoms with van der Waals surface area (Å²) in [7, 11) is 4.69. The summed E-state index contributed by atoms with van der Waals surface area (Å²) in [4.78, 5) is 11.5. The molecule has 0 fully saturated rings. The van der Waals surface area contributed by atoms with Crippen molar-refractivity contribution in [2.75, 3.05) is 33.1 Å². The van der Waals surface area contributed by atoms with Crippen LogP contribution in [0.25, 0.3) is 0 Å². The molecule has 0 saturated heterocycles. The molecule has 0 aromatic heterocycles. The number of methoxy groups -OCH3 is 2. The SMILES string of the molecule is CNC(=O)c1ccc(Cl)c(NCC(OC)OC)c1. The Morgan fingerprint density at radius 3 is 2.61 bits per heavy atom. The Bertz CT molecular complexity index is 408. The molecule has 2 N–H and O–H groups in total. The lowest BCUT2D eigenvalue weighted by molar-refractivity contribution is -0.0914. The highest BCUT2D eigenvalue weighted by Crippen LogP contribution is 2.23. The lowest BCUT2D eigenvalue weighted by Crippen LogP contribution is -2.24. The lowest BCUT2D eigenvalue weighted by Gasteiger charge is -2.16. The molecular weight excluding hydrogens is 256 g/mol. The average Bonchev–Trinajstić information content (AvgIpc) is 2.40. The molecule has 0 radical (unpaired) electrons. The van der Waals surface area contributed by atoms with Crippen LogP contribution in [0.1, 0.15) is 10.4 Å². The van der Waals surface area contributed by atoms with Crippen LogP contribution in [-0.4, -0.2) is 40.0 Å². The third-order valence-electron chi connectivity index (χ3n) is 2.44. The Morgan fingerprint density at radius 1 is 1.39 bits per heavy atom. The zero-order valence-corrected chi connectivity index (χ0v) is 11.4. The number of hydrogen-bond donors (Lipinski definition) is 2. The van der Waals surface area contributed by atoms with E-state index in [4.69, 9.17) is 21.1 Å². The Hall–Kier alpha value is -1.30. The largest absolute Gasteiger partial charge is 0.379 e. The molecule has 0 aliphatic heterocycles. The van der Waals surface area contributed by atoms with E-state index in [2.05, 4.69) is 10.6 Å². The van der Waals surface area contributed by atoms with Gasteiger partial charge in [0, 0.05) is 26.8 Å². The van der Waals surface area contributed by atoms with Crippen LogP contribution >= 0.6 is 11.6 Å². The molecule has 0 saturated carbocycles. The third-order valence-corrected chi connectivity index (χ3v) is 2.77. The van der Waals surface area contributed by atoms with Crippen molar-refractivity contribution in [3.63, 3.8) is 0 Å². The predicted octanol–water partition coefficient (Wildman–Crippen LogP) is 1.73. The number of carbonyl (C=O) groups is 1. The van der Waals surface area contributed by atoms with Crippen molar-refractivity contribution in [2.24, 2.45) is 0 Å². The van der Waals surface area contributed by atoms with Crippen LogP contribution in [0, 0.1) is 0 Å². The topological polar surface area (TPSA) is 59.6 Å². The molecule has 6 heteroatoms. The molecular formula is C12H17ClN2O3. The van der Waals surface area contributed by atoms with Crippen molar-refractivity contribution < 1.29 is 14.3 Å².